The number of likely N-dealkylation sites (tertiary alicyclic amines) is 1. The number of ether oxygens (including phenoxy) is 2. The number of pyridine rings is 1. The number of hydrogen-bond acceptors (Lipinski definition) is 10. The lowest BCUT2D eigenvalue weighted by Gasteiger charge is -2.20. The summed E-state index contributed by atoms with van der Waals surface area (Å²) in [5.74, 6) is 1.92. The van der Waals surface area contributed by atoms with Gasteiger partial charge in [-0.15, -0.1) is 5.10 Å². The number of rotatable bonds is 3. The van der Waals surface area contributed by atoms with Gasteiger partial charge in [0.15, 0.2) is 17.3 Å². The summed E-state index contributed by atoms with van der Waals surface area (Å²) in [7, 11) is 0. The first kappa shape index (κ1) is 22.1. The van der Waals surface area contributed by atoms with Crippen molar-refractivity contribution in [3.05, 3.63) is 47.6 Å². The van der Waals surface area contributed by atoms with E-state index in [1.807, 2.05) is 6.20 Å². The molecule has 35 heavy (non-hydrogen) atoms. The fourth-order valence-electron chi connectivity index (χ4n) is 5.03. The fraction of sp³-hybridized carbons (Fsp3) is 0.565. The van der Waals surface area contributed by atoms with E-state index in [9.17, 15) is 4.79 Å². The number of nitrogens with zero attached hydrogens (tertiary/aromatic N) is 7. The molecule has 2 aliphatic heterocycles. The largest absolute Gasteiger partial charge is 0.489 e. The summed E-state index contributed by atoms with van der Waals surface area (Å²) in [6.45, 7) is 2.85. The minimum absolute atomic E-state index is 0.249. The van der Waals surface area contributed by atoms with Crippen molar-refractivity contribution in [3.8, 4) is 5.75 Å². The molecule has 2 bridgehead atoms. The molecule has 0 radical (unpaired) electrons. The highest BCUT2D eigenvalue weighted by Gasteiger charge is 2.36. The predicted molar refractivity (Wildman–Crippen MR) is 120 cm³/mol. The predicted octanol–water partition coefficient (Wildman–Crippen LogP) is 1.31. The van der Waals surface area contributed by atoms with Crippen LogP contribution in [0.3, 0.4) is 0 Å². The third kappa shape index (κ3) is 4.89. The van der Waals surface area contributed by atoms with E-state index in [2.05, 4.69) is 35.7 Å². The van der Waals surface area contributed by atoms with Gasteiger partial charge < -0.3 is 19.3 Å². The normalized spacial score (nSPS) is 23.8. The van der Waals surface area contributed by atoms with Gasteiger partial charge in [-0.3, -0.25) is 9.69 Å². The van der Waals surface area contributed by atoms with Crippen molar-refractivity contribution in [2.45, 2.75) is 63.4 Å². The van der Waals surface area contributed by atoms with Gasteiger partial charge >= 0.3 is 0 Å². The fourth-order valence-corrected chi connectivity index (χ4v) is 5.03. The van der Waals surface area contributed by atoms with Crippen molar-refractivity contribution >= 4 is 5.91 Å². The average Bonchev–Trinajstić information content (AvgIpc) is 3.66. The Morgan fingerprint density at radius 3 is 3.03 bits per heavy atom. The second-order valence-corrected chi connectivity index (χ2v) is 9.33. The van der Waals surface area contributed by atoms with Gasteiger partial charge in [0.05, 0.1) is 38.0 Å². The van der Waals surface area contributed by atoms with Gasteiger partial charge in [-0.25, -0.2) is 9.67 Å². The van der Waals surface area contributed by atoms with Gasteiger partial charge in [0.1, 0.15) is 12.3 Å². The van der Waals surface area contributed by atoms with Crippen LogP contribution in [-0.2, 0) is 24.4 Å². The van der Waals surface area contributed by atoms with Gasteiger partial charge in [0, 0.05) is 25.2 Å². The standard InChI is InChI=1S/C23H28N8O4/c32-22-21-18(6-3-7-24-21)33-9-8-31-10-16(27-29-31)14-34-19-12-30(11-17(19)25-22)13-20-26-23(35-28-20)15-4-1-2-5-15/h3,6-7,10,15,17,19H,1-2,4-5,8-9,11-14H2,(H,25,32)/t17-,19-/m0/s1. The van der Waals surface area contributed by atoms with Gasteiger partial charge in [-0.05, 0) is 25.0 Å². The maximum atomic E-state index is 13.1. The second kappa shape index (κ2) is 9.70. The first-order valence-corrected chi connectivity index (χ1v) is 12.2. The Bertz CT molecular complexity index is 1170. The molecule has 0 aromatic carbocycles. The molecule has 12 heteroatoms. The molecule has 0 spiro atoms. The van der Waals surface area contributed by atoms with Crippen molar-refractivity contribution in [3.63, 3.8) is 0 Å². The molecule has 2 atom stereocenters. The first-order chi connectivity index (χ1) is 17.2. The van der Waals surface area contributed by atoms with E-state index >= 15 is 0 Å². The molecular weight excluding hydrogens is 452 g/mol. The minimum atomic E-state index is -0.293. The highest BCUT2D eigenvalue weighted by molar-refractivity contribution is 5.95. The lowest BCUT2D eigenvalue weighted by molar-refractivity contribution is 0.0291. The number of aromatic nitrogens is 6. The van der Waals surface area contributed by atoms with Crippen LogP contribution in [0.5, 0.6) is 5.75 Å². The van der Waals surface area contributed by atoms with E-state index in [1.165, 1.54) is 12.8 Å². The Kier molecular flexibility index (Phi) is 6.13. The Morgan fingerprint density at radius 2 is 2.11 bits per heavy atom. The van der Waals surface area contributed by atoms with E-state index in [0.29, 0.717) is 56.9 Å². The third-order valence-electron chi connectivity index (χ3n) is 6.81. The Balaban J connectivity index is 1.20. The van der Waals surface area contributed by atoms with Gasteiger partial charge in [-0.1, -0.05) is 23.2 Å². The molecule has 3 aromatic rings. The van der Waals surface area contributed by atoms with E-state index in [4.69, 9.17) is 14.0 Å². The topological polar surface area (TPSA) is 133 Å². The highest BCUT2D eigenvalue weighted by atomic mass is 16.5. The van der Waals surface area contributed by atoms with Crippen LogP contribution in [0, 0.1) is 0 Å². The maximum Gasteiger partial charge on any atom is 0.274 e. The zero-order valence-electron chi connectivity index (χ0n) is 19.4. The number of amides is 1. The molecule has 2 fully saturated rings. The molecule has 1 N–H and O–H groups in total. The Morgan fingerprint density at radius 1 is 1.20 bits per heavy atom. The molecule has 0 unspecified atom stereocenters. The highest BCUT2D eigenvalue weighted by Crippen LogP contribution is 2.33. The Labute approximate surface area is 202 Å². The molecule has 3 aliphatic rings. The maximum absolute atomic E-state index is 13.1. The zero-order valence-corrected chi connectivity index (χ0v) is 19.4. The monoisotopic (exact) mass is 480 g/mol. The van der Waals surface area contributed by atoms with Crippen molar-refractivity contribution < 1.29 is 18.8 Å². The molecule has 184 valence electrons. The average molecular weight is 481 g/mol. The summed E-state index contributed by atoms with van der Waals surface area (Å²) in [6, 6.07) is 3.24. The lowest BCUT2D eigenvalue weighted by atomic mass is 10.1. The summed E-state index contributed by atoms with van der Waals surface area (Å²) in [5.41, 5.74) is 0.979. The first-order valence-electron chi connectivity index (χ1n) is 12.2. The van der Waals surface area contributed by atoms with Crippen LogP contribution in [0.4, 0.5) is 0 Å². The second-order valence-electron chi connectivity index (χ2n) is 9.33. The van der Waals surface area contributed by atoms with Gasteiger partial charge in [-0.2, -0.15) is 4.98 Å². The summed E-state index contributed by atoms with van der Waals surface area (Å²) in [4.78, 5) is 24.2. The van der Waals surface area contributed by atoms with E-state index < -0.39 is 0 Å². The van der Waals surface area contributed by atoms with Crippen LogP contribution in [-0.4, -0.2) is 72.8 Å². The SMILES string of the molecule is O=C1N[C@H]2CN(Cc3noc(C4CCCC4)n3)C[C@@H]2OCc2cn(nn2)CCOc2cccnc21. The van der Waals surface area contributed by atoms with E-state index in [0.717, 1.165) is 24.4 Å². The molecule has 1 amide bonds. The molecular formula is C23H28N8O4. The van der Waals surface area contributed by atoms with Crippen LogP contribution in [0.1, 0.15) is 59.5 Å². The number of fused-ring (bicyclic) bond motifs is 4. The lowest BCUT2D eigenvalue weighted by Crippen LogP contribution is -2.44. The van der Waals surface area contributed by atoms with Crippen LogP contribution >= 0.6 is 0 Å². The van der Waals surface area contributed by atoms with Crippen molar-refractivity contribution in [1.29, 1.82) is 0 Å². The number of carbonyl (C=O) groups is 1. The van der Waals surface area contributed by atoms with Crippen LogP contribution < -0.4 is 10.1 Å². The van der Waals surface area contributed by atoms with Crippen LogP contribution in [0.15, 0.2) is 29.0 Å². The molecule has 6 rings (SSSR count). The summed E-state index contributed by atoms with van der Waals surface area (Å²) >= 11 is 0. The van der Waals surface area contributed by atoms with Crippen LogP contribution in [0.2, 0.25) is 0 Å². The summed E-state index contributed by atoms with van der Waals surface area (Å²) in [6.07, 6.45) is 7.84. The number of carbonyl (C=O) groups excluding carboxylic acids is 1. The van der Waals surface area contributed by atoms with Gasteiger partial charge in [0.25, 0.3) is 5.91 Å². The molecule has 3 aromatic heterocycles. The van der Waals surface area contributed by atoms with Gasteiger partial charge in [0.2, 0.25) is 5.89 Å². The van der Waals surface area contributed by atoms with Crippen LogP contribution in [0.25, 0.3) is 0 Å². The Hall–Kier alpha value is -3.38. The van der Waals surface area contributed by atoms with E-state index in [-0.39, 0.29) is 23.7 Å². The van der Waals surface area contributed by atoms with Crippen molar-refractivity contribution in [2.75, 3.05) is 19.7 Å². The molecule has 1 saturated carbocycles. The molecule has 12 nitrogen and oxygen atoms in total. The summed E-state index contributed by atoms with van der Waals surface area (Å²) in [5, 5.41) is 15.6. The van der Waals surface area contributed by atoms with Crippen molar-refractivity contribution in [1.82, 2.24) is 40.3 Å². The van der Waals surface area contributed by atoms with E-state index in [1.54, 1.807) is 23.0 Å². The zero-order chi connectivity index (χ0) is 23.6. The number of hydrogen-bond donors (Lipinski definition) is 1. The quantitative estimate of drug-likeness (QED) is 0.585. The number of nitrogens with one attached hydrogen (secondary N) is 1. The van der Waals surface area contributed by atoms with Crippen molar-refractivity contribution in [2.24, 2.45) is 0 Å². The molecule has 1 aliphatic carbocycles. The molecule has 5 heterocycles. The minimum Gasteiger partial charge on any atom is -0.489 e. The summed E-state index contributed by atoms with van der Waals surface area (Å²) < 4.78 is 19.3. The molecule has 1 saturated heterocycles. The third-order valence-corrected chi connectivity index (χ3v) is 6.81. The smallest absolute Gasteiger partial charge is 0.274 e.